The Morgan fingerprint density at radius 2 is 1.58 bits per heavy atom. The second-order valence-corrected chi connectivity index (χ2v) is 8.63. The van der Waals surface area contributed by atoms with Crippen LogP contribution >= 0.6 is 11.8 Å². The van der Waals surface area contributed by atoms with Crippen LogP contribution in [0.3, 0.4) is 0 Å². The van der Waals surface area contributed by atoms with E-state index in [9.17, 15) is 0 Å². The van der Waals surface area contributed by atoms with E-state index in [0.717, 1.165) is 6.54 Å². The molecule has 0 radical (unpaired) electrons. The number of piperazine rings is 1. The lowest BCUT2D eigenvalue weighted by Crippen LogP contribution is -2.44. The summed E-state index contributed by atoms with van der Waals surface area (Å²) in [5.74, 6) is 0. The van der Waals surface area contributed by atoms with Crippen LogP contribution in [0.4, 0.5) is 11.4 Å². The van der Waals surface area contributed by atoms with Crippen LogP contribution in [0.1, 0.15) is 18.4 Å². The molecule has 2 aromatic rings. The topological polar surface area (TPSA) is 9.72 Å². The summed E-state index contributed by atoms with van der Waals surface area (Å²) in [6, 6.07) is 15.7. The number of nitrogens with zero attached hydrogens (tertiary/aromatic N) is 3. The molecule has 0 aromatic heterocycles. The molecule has 1 fully saturated rings. The number of benzene rings is 2. The standard InChI is InChI=1S/C22H29N3S/c1-18-9-10-20-22(17-18)26-21-8-4-3-7-19(21)25(20)12-6-5-11-24-15-13-23(2)14-16-24/h3-4,7-10,17H,5-6,11-16H2,1-2H3. The van der Waals surface area contributed by atoms with Gasteiger partial charge in [-0.05, 0) is 63.2 Å². The van der Waals surface area contributed by atoms with Gasteiger partial charge < -0.3 is 14.7 Å². The normalized spacial score (nSPS) is 17.8. The van der Waals surface area contributed by atoms with E-state index in [2.05, 4.69) is 71.1 Å². The molecule has 0 unspecified atom stereocenters. The maximum Gasteiger partial charge on any atom is 0.0553 e. The highest BCUT2D eigenvalue weighted by Crippen LogP contribution is 2.48. The maximum absolute atomic E-state index is 2.62. The van der Waals surface area contributed by atoms with Crippen molar-refractivity contribution in [2.45, 2.75) is 29.6 Å². The maximum atomic E-state index is 2.62. The number of hydrogen-bond acceptors (Lipinski definition) is 4. The van der Waals surface area contributed by atoms with Crippen molar-refractivity contribution in [2.75, 3.05) is 51.2 Å². The SMILES string of the molecule is Cc1ccc2c(c1)Sc1ccccc1N2CCCCN1CCN(C)CC1. The van der Waals surface area contributed by atoms with Gasteiger partial charge in [-0.1, -0.05) is 30.0 Å². The largest absolute Gasteiger partial charge is 0.340 e. The Morgan fingerprint density at radius 3 is 2.42 bits per heavy atom. The van der Waals surface area contributed by atoms with Crippen LogP contribution in [0.25, 0.3) is 0 Å². The summed E-state index contributed by atoms with van der Waals surface area (Å²) in [7, 11) is 2.22. The number of aryl methyl sites for hydroxylation is 1. The van der Waals surface area contributed by atoms with Crippen molar-refractivity contribution in [1.29, 1.82) is 0 Å². The molecule has 4 rings (SSSR count). The van der Waals surface area contributed by atoms with E-state index in [0.29, 0.717) is 0 Å². The lowest BCUT2D eigenvalue weighted by Gasteiger charge is -2.34. The monoisotopic (exact) mass is 367 g/mol. The molecule has 2 aliphatic rings. The van der Waals surface area contributed by atoms with Gasteiger partial charge in [0.05, 0.1) is 11.4 Å². The summed E-state index contributed by atoms with van der Waals surface area (Å²) < 4.78 is 0. The summed E-state index contributed by atoms with van der Waals surface area (Å²) >= 11 is 1.91. The molecule has 138 valence electrons. The Hall–Kier alpha value is -1.49. The highest BCUT2D eigenvalue weighted by molar-refractivity contribution is 7.99. The van der Waals surface area contributed by atoms with Crippen LogP contribution in [0, 0.1) is 6.92 Å². The highest BCUT2D eigenvalue weighted by Gasteiger charge is 2.23. The van der Waals surface area contributed by atoms with E-state index >= 15 is 0 Å². The predicted molar refractivity (Wildman–Crippen MR) is 112 cm³/mol. The summed E-state index contributed by atoms with van der Waals surface area (Å²) in [5.41, 5.74) is 4.08. The van der Waals surface area contributed by atoms with E-state index in [-0.39, 0.29) is 0 Å². The first-order chi connectivity index (χ1) is 12.7. The molecule has 0 atom stereocenters. The van der Waals surface area contributed by atoms with Crippen molar-refractivity contribution in [3.8, 4) is 0 Å². The molecule has 1 saturated heterocycles. The molecule has 0 saturated carbocycles. The smallest absolute Gasteiger partial charge is 0.0553 e. The van der Waals surface area contributed by atoms with Crippen LogP contribution < -0.4 is 4.90 Å². The second kappa shape index (κ2) is 8.03. The molecular formula is C22H29N3S. The molecule has 0 aliphatic carbocycles. The third-order valence-corrected chi connectivity index (χ3v) is 6.60. The van der Waals surface area contributed by atoms with Gasteiger partial charge in [0.25, 0.3) is 0 Å². The highest BCUT2D eigenvalue weighted by atomic mass is 32.2. The Balaban J connectivity index is 1.41. The number of rotatable bonds is 5. The number of para-hydroxylation sites is 1. The van der Waals surface area contributed by atoms with E-state index < -0.39 is 0 Å². The van der Waals surface area contributed by atoms with E-state index in [1.165, 1.54) is 72.3 Å². The molecule has 26 heavy (non-hydrogen) atoms. The number of unbranched alkanes of at least 4 members (excludes halogenated alkanes) is 1. The van der Waals surface area contributed by atoms with Crippen molar-refractivity contribution in [2.24, 2.45) is 0 Å². The van der Waals surface area contributed by atoms with Gasteiger partial charge in [0, 0.05) is 42.5 Å². The van der Waals surface area contributed by atoms with Gasteiger partial charge in [-0.25, -0.2) is 0 Å². The lowest BCUT2D eigenvalue weighted by atomic mass is 10.1. The molecule has 0 bridgehead atoms. The van der Waals surface area contributed by atoms with Gasteiger partial charge in [0.1, 0.15) is 0 Å². The average Bonchev–Trinajstić information content (AvgIpc) is 2.65. The minimum Gasteiger partial charge on any atom is -0.340 e. The minimum absolute atomic E-state index is 1.10. The summed E-state index contributed by atoms with van der Waals surface area (Å²) in [5, 5.41) is 0. The molecule has 4 heteroatoms. The third kappa shape index (κ3) is 3.93. The zero-order chi connectivity index (χ0) is 17.9. The first kappa shape index (κ1) is 17.9. The van der Waals surface area contributed by atoms with Crippen LogP contribution in [-0.4, -0.2) is 56.1 Å². The second-order valence-electron chi connectivity index (χ2n) is 7.54. The molecule has 2 heterocycles. The molecule has 0 amide bonds. The van der Waals surface area contributed by atoms with E-state index in [4.69, 9.17) is 0 Å². The molecular weight excluding hydrogens is 338 g/mol. The van der Waals surface area contributed by atoms with E-state index in [1.54, 1.807) is 0 Å². The molecule has 2 aliphatic heterocycles. The minimum atomic E-state index is 1.10. The van der Waals surface area contributed by atoms with E-state index in [1.807, 2.05) is 11.8 Å². The number of anilines is 2. The average molecular weight is 368 g/mol. The van der Waals surface area contributed by atoms with Crippen molar-refractivity contribution < 1.29 is 0 Å². The summed E-state index contributed by atoms with van der Waals surface area (Å²) in [6.45, 7) is 9.39. The number of fused-ring (bicyclic) bond motifs is 2. The number of hydrogen-bond donors (Lipinski definition) is 0. The van der Waals surface area contributed by atoms with Gasteiger partial charge in [0.2, 0.25) is 0 Å². The fraction of sp³-hybridized carbons (Fsp3) is 0.455. The Bertz CT molecular complexity index is 753. The van der Waals surface area contributed by atoms with Gasteiger partial charge in [-0.15, -0.1) is 0 Å². The molecule has 3 nitrogen and oxygen atoms in total. The fourth-order valence-corrected chi connectivity index (χ4v) is 5.05. The first-order valence-electron chi connectivity index (χ1n) is 9.77. The number of likely N-dealkylation sites (N-methyl/N-ethyl adjacent to an activating group) is 1. The van der Waals surface area contributed by atoms with Crippen molar-refractivity contribution in [3.63, 3.8) is 0 Å². The Morgan fingerprint density at radius 1 is 0.846 bits per heavy atom. The summed E-state index contributed by atoms with van der Waals surface area (Å²) in [6.07, 6.45) is 2.51. The van der Waals surface area contributed by atoms with Gasteiger partial charge >= 0.3 is 0 Å². The zero-order valence-electron chi connectivity index (χ0n) is 15.9. The van der Waals surface area contributed by atoms with Crippen LogP contribution in [0.15, 0.2) is 52.3 Å². The first-order valence-corrected chi connectivity index (χ1v) is 10.6. The molecule has 2 aromatic carbocycles. The molecule has 0 spiro atoms. The zero-order valence-corrected chi connectivity index (χ0v) is 16.8. The Kier molecular flexibility index (Phi) is 5.53. The lowest BCUT2D eigenvalue weighted by molar-refractivity contribution is 0.152. The van der Waals surface area contributed by atoms with Crippen LogP contribution in [0.2, 0.25) is 0 Å². The summed E-state index contributed by atoms with van der Waals surface area (Å²) in [4.78, 5) is 10.4. The van der Waals surface area contributed by atoms with Crippen LogP contribution in [-0.2, 0) is 0 Å². The Labute approximate surface area is 162 Å². The van der Waals surface area contributed by atoms with Gasteiger partial charge in [-0.3, -0.25) is 0 Å². The van der Waals surface area contributed by atoms with Gasteiger partial charge in [-0.2, -0.15) is 0 Å². The molecule has 0 N–H and O–H groups in total. The predicted octanol–water partition coefficient (Wildman–Crippen LogP) is 4.63. The van der Waals surface area contributed by atoms with Crippen molar-refractivity contribution in [1.82, 2.24) is 9.80 Å². The van der Waals surface area contributed by atoms with Gasteiger partial charge in [0.15, 0.2) is 0 Å². The fourth-order valence-electron chi connectivity index (χ4n) is 3.86. The van der Waals surface area contributed by atoms with Crippen LogP contribution in [0.5, 0.6) is 0 Å². The quantitative estimate of drug-likeness (QED) is 0.713. The van der Waals surface area contributed by atoms with Crippen molar-refractivity contribution >= 4 is 23.1 Å². The van der Waals surface area contributed by atoms with Crippen molar-refractivity contribution in [3.05, 3.63) is 48.0 Å². The third-order valence-electron chi connectivity index (χ3n) is 5.48.